The van der Waals surface area contributed by atoms with E-state index >= 15 is 0 Å². The van der Waals surface area contributed by atoms with E-state index in [4.69, 9.17) is 38.0 Å². The molecule has 3 aromatic rings. The molecule has 0 saturated heterocycles. The van der Waals surface area contributed by atoms with Crippen LogP contribution in [0.3, 0.4) is 0 Å². The molecule has 188 valence electrons. The van der Waals surface area contributed by atoms with Gasteiger partial charge in [-0.3, -0.25) is 4.79 Å². The maximum atomic E-state index is 13.5. The topological polar surface area (TPSA) is 69.0 Å². The first-order chi connectivity index (χ1) is 17.2. The van der Waals surface area contributed by atoms with Crippen molar-refractivity contribution in [1.82, 2.24) is 14.8 Å². The molecule has 9 heteroatoms. The number of benzene rings is 2. The van der Waals surface area contributed by atoms with Crippen molar-refractivity contribution in [3.05, 3.63) is 74.9 Å². The number of hydrogen-bond donors (Lipinski definition) is 1. The van der Waals surface area contributed by atoms with Crippen LogP contribution in [0.2, 0.25) is 10.0 Å². The third-order valence-electron chi connectivity index (χ3n) is 6.33. The highest BCUT2D eigenvalue weighted by molar-refractivity contribution is 7.99. The number of aromatic nitrogens is 3. The lowest BCUT2D eigenvalue weighted by atomic mass is 9.73. The lowest BCUT2D eigenvalue weighted by molar-refractivity contribution is -0.118. The number of rotatable bonds is 7. The minimum atomic E-state index is -0.369. The monoisotopic (exact) mass is 542 g/mol. The Kier molecular flexibility index (Phi) is 7.07. The molecule has 0 amide bonds. The summed E-state index contributed by atoms with van der Waals surface area (Å²) in [5, 5.41) is 10.1. The summed E-state index contributed by atoms with van der Waals surface area (Å²) in [7, 11) is 0. The minimum Gasteiger partial charge on any atom is -0.489 e. The Morgan fingerprint density at radius 1 is 1.19 bits per heavy atom. The zero-order valence-corrected chi connectivity index (χ0v) is 22.8. The van der Waals surface area contributed by atoms with E-state index in [-0.39, 0.29) is 17.2 Å². The van der Waals surface area contributed by atoms with Crippen LogP contribution in [0.4, 0.5) is 5.95 Å². The van der Waals surface area contributed by atoms with E-state index < -0.39 is 0 Å². The summed E-state index contributed by atoms with van der Waals surface area (Å²) < 4.78 is 7.94. The van der Waals surface area contributed by atoms with Crippen LogP contribution in [0, 0.1) is 5.41 Å². The Hall–Kier alpha value is -2.48. The largest absolute Gasteiger partial charge is 0.489 e. The van der Waals surface area contributed by atoms with Crippen molar-refractivity contribution in [2.75, 3.05) is 11.1 Å². The SMILES string of the molecule is CCCSc1nc2n(n1)C(c1cccc(OCc3ccc(Cl)cc3Cl)c1)C1=C(CC(C)(C)CC1=O)N2. The Morgan fingerprint density at radius 3 is 2.81 bits per heavy atom. The molecule has 0 spiro atoms. The van der Waals surface area contributed by atoms with Gasteiger partial charge >= 0.3 is 0 Å². The number of nitrogens with zero attached hydrogens (tertiary/aromatic N) is 3. The Labute approximate surface area is 225 Å². The quantitative estimate of drug-likeness (QED) is 0.315. The van der Waals surface area contributed by atoms with Crippen molar-refractivity contribution >= 4 is 46.7 Å². The van der Waals surface area contributed by atoms with E-state index in [0.29, 0.717) is 39.9 Å². The van der Waals surface area contributed by atoms with Gasteiger partial charge < -0.3 is 10.1 Å². The fraction of sp³-hybridized carbons (Fsp3) is 0.370. The summed E-state index contributed by atoms with van der Waals surface area (Å²) in [6, 6.07) is 12.8. The average Bonchev–Trinajstić information content (AvgIpc) is 3.22. The second kappa shape index (κ2) is 10.1. The van der Waals surface area contributed by atoms with Crippen molar-refractivity contribution in [3.8, 4) is 5.75 Å². The van der Waals surface area contributed by atoms with E-state index in [1.54, 1.807) is 23.9 Å². The van der Waals surface area contributed by atoms with Gasteiger partial charge in [0.05, 0.1) is 0 Å². The van der Waals surface area contributed by atoms with Crippen LogP contribution in [0.5, 0.6) is 5.75 Å². The van der Waals surface area contributed by atoms with Gasteiger partial charge in [-0.2, -0.15) is 4.98 Å². The zero-order chi connectivity index (χ0) is 25.4. The first-order valence-corrected chi connectivity index (χ1v) is 13.8. The number of thioether (sulfide) groups is 1. The standard InChI is InChI=1S/C27H28Cl2N4O2S/c1-4-10-36-26-31-25-30-21-13-27(2,3)14-22(34)23(21)24(33(25)32-26)16-6-5-7-19(11-16)35-15-17-8-9-18(28)12-20(17)29/h5-9,11-12,24H,4,10,13-15H2,1-3H3,(H,30,31,32). The Bertz CT molecular complexity index is 1350. The summed E-state index contributed by atoms with van der Waals surface area (Å²) in [4.78, 5) is 18.2. The highest BCUT2D eigenvalue weighted by Gasteiger charge is 2.42. The van der Waals surface area contributed by atoms with E-state index in [1.165, 1.54) is 0 Å². The van der Waals surface area contributed by atoms with E-state index in [1.807, 2.05) is 35.0 Å². The molecule has 0 fully saturated rings. The number of Topliss-reactive ketones (excluding diaryl/α,β-unsaturated/α-hetero) is 1. The number of carbonyl (C=O) groups excluding carboxylic acids is 1. The molecule has 1 aliphatic heterocycles. The predicted molar refractivity (Wildman–Crippen MR) is 145 cm³/mol. The van der Waals surface area contributed by atoms with Crippen molar-refractivity contribution in [2.24, 2.45) is 5.41 Å². The smallest absolute Gasteiger partial charge is 0.227 e. The third-order valence-corrected chi connectivity index (χ3v) is 7.96. The lowest BCUT2D eigenvalue weighted by Gasteiger charge is -2.38. The molecular weight excluding hydrogens is 515 g/mol. The van der Waals surface area contributed by atoms with E-state index in [2.05, 4.69) is 26.1 Å². The van der Waals surface area contributed by atoms with Gasteiger partial charge in [-0.05, 0) is 48.1 Å². The molecule has 0 bridgehead atoms. The summed E-state index contributed by atoms with van der Waals surface area (Å²) in [5.41, 5.74) is 3.36. The maximum absolute atomic E-state index is 13.5. The molecule has 2 heterocycles. The van der Waals surface area contributed by atoms with Crippen molar-refractivity contribution < 1.29 is 9.53 Å². The number of ketones is 1. The number of anilines is 1. The van der Waals surface area contributed by atoms with Gasteiger partial charge in [0.25, 0.3) is 0 Å². The molecule has 2 aliphatic rings. The number of nitrogens with one attached hydrogen (secondary N) is 1. The molecule has 0 radical (unpaired) electrons. The maximum Gasteiger partial charge on any atom is 0.227 e. The first-order valence-electron chi connectivity index (χ1n) is 12.0. The van der Waals surface area contributed by atoms with Crippen LogP contribution in [-0.4, -0.2) is 26.3 Å². The summed E-state index contributed by atoms with van der Waals surface area (Å²) in [5.74, 6) is 2.43. The number of fused-ring (bicyclic) bond motifs is 1. The van der Waals surface area contributed by atoms with Crippen LogP contribution in [0.1, 0.15) is 57.2 Å². The van der Waals surface area contributed by atoms with Gasteiger partial charge in [-0.15, -0.1) is 5.10 Å². The van der Waals surface area contributed by atoms with Gasteiger partial charge in [0, 0.05) is 39.1 Å². The molecule has 5 rings (SSSR count). The second-order valence-electron chi connectivity index (χ2n) is 9.97. The molecule has 2 aromatic carbocycles. The van der Waals surface area contributed by atoms with Crippen LogP contribution in [0.25, 0.3) is 0 Å². The van der Waals surface area contributed by atoms with Gasteiger partial charge in [-0.1, -0.05) is 73.9 Å². The highest BCUT2D eigenvalue weighted by atomic mass is 35.5. The fourth-order valence-corrected chi connectivity index (χ4v) is 5.87. The van der Waals surface area contributed by atoms with Crippen LogP contribution in [-0.2, 0) is 11.4 Å². The van der Waals surface area contributed by atoms with Gasteiger partial charge in [-0.25, -0.2) is 4.68 Å². The number of allylic oxidation sites excluding steroid dienone is 2. The molecule has 1 aliphatic carbocycles. The molecule has 6 nitrogen and oxygen atoms in total. The van der Waals surface area contributed by atoms with Crippen LogP contribution in [0.15, 0.2) is 58.9 Å². The van der Waals surface area contributed by atoms with Crippen molar-refractivity contribution in [1.29, 1.82) is 0 Å². The van der Waals surface area contributed by atoms with Gasteiger partial charge in [0.1, 0.15) is 18.4 Å². The third kappa shape index (κ3) is 5.15. The van der Waals surface area contributed by atoms with Crippen molar-refractivity contribution in [3.63, 3.8) is 0 Å². The normalized spacial score (nSPS) is 18.5. The molecule has 1 atom stereocenters. The summed E-state index contributed by atoms with van der Waals surface area (Å²) >= 11 is 14.0. The van der Waals surface area contributed by atoms with Crippen LogP contribution < -0.4 is 10.1 Å². The van der Waals surface area contributed by atoms with E-state index in [0.717, 1.165) is 41.0 Å². The molecule has 36 heavy (non-hydrogen) atoms. The molecule has 0 saturated carbocycles. The number of carbonyl (C=O) groups is 1. The zero-order valence-electron chi connectivity index (χ0n) is 20.5. The predicted octanol–water partition coefficient (Wildman–Crippen LogP) is 7.32. The number of hydrogen-bond acceptors (Lipinski definition) is 6. The molecule has 1 unspecified atom stereocenters. The average molecular weight is 544 g/mol. The Morgan fingerprint density at radius 2 is 2.03 bits per heavy atom. The highest BCUT2D eigenvalue weighted by Crippen LogP contribution is 2.46. The number of halogens is 2. The van der Waals surface area contributed by atoms with E-state index in [9.17, 15) is 4.79 Å². The molecule has 1 N–H and O–H groups in total. The van der Waals surface area contributed by atoms with Gasteiger partial charge in [0.2, 0.25) is 11.1 Å². The van der Waals surface area contributed by atoms with Gasteiger partial charge in [0.15, 0.2) is 5.78 Å². The second-order valence-corrected chi connectivity index (χ2v) is 11.9. The summed E-state index contributed by atoms with van der Waals surface area (Å²) in [6.45, 7) is 6.69. The fourth-order valence-electron chi connectivity index (χ4n) is 4.73. The minimum absolute atomic E-state index is 0.113. The Balaban J connectivity index is 1.50. The lowest BCUT2D eigenvalue weighted by Crippen LogP contribution is -2.36. The summed E-state index contributed by atoms with van der Waals surface area (Å²) in [6.07, 6.45) is 2.31. The molecular formula is C27H28Cl2N4O2S. The number of ether oxygens (including phenoxy) is 1. The first kappa shape index (κ1) is 25.2. The van der Waals surface area contributed by atoms with Crippen molar-refractivity contribution in [2.45, 2.75) is 57.8 Å². The van der Waals surface area contributed by atoms with Crippen LogP contribution >= 0.6 is 35.0 Å². The molecule has 1 aromatic heterocycles.